The average molecular weight is 379 g/mol. The largest absolute Gasteiger partial charge is 0.494 e. The maximum atomic E-state index is 12.1. The predicted octanol–water partition coefficient (Wildman–Crippen LogP) is 4.27. The van der Waals surface area contributed by atoms with Crippen molar-refractivity contribution in [2.24, 2.45) is 5.10 Å². The van der Waals surface area contributed by atoms with Gasteiger partial charge in [-0.15, -0.1) is 11.8 Å². The lowest BCUT2D eigenvalue weighted by molar-refractivity contribution is -0.118. The van der Waals surface area contributed by atoms with Crippen molar-refractivity contribution in [2.75, 3.05) is 12.4 Å². The normalized spacial score (nSPS) is 11.4. The number of hydrogen-bond acceptors (Lipinski definition) is 5. The van der Waals surface area contributed by atoms with E-state index in [4.69, 9.17) is 4.74 Å². The number of ether oxygens (including phenoxy) is 1. The molecule has 0 aliphatic rings. The van der Waals surface area contributed by atoms with E-state index in [1.165, 1.54) is 11.8 Å². The van der Waals surface area contributed by atoms with Gasteiger partial charge >= 0.3 is 0 Å². The molecule has 3 aromatic rings. The molecule has 0 saturated heterocycles. The highest BCUT2D eigenvalue weighted by Crippen LogP contribution is 2.25. The third kappa shape index (κ3) is 5.08. The smallest absolute Gasteiger partial charge is 0.250 e. The van der Waals surface area contributed by atoms with Crippen molar-refractivity contribution in [3.05, 3.63) is 66.4 Å². The quantitative estimate of drug-likeness (QED) is 0.378. The number of hydrazone groups is 1. The van der Waals surface area contributed by atoms with Crippen LogP contribution in [0.3, 0.4) is 0 Å². The predicted molar refractivity (Wildman–Crippen MR) is 110 cm³/mol. The van der Waals surface area contributed by atoms with Gasteiger partial charge in [0.1, 0.15) is 5.75 Å². The molecule has 0 atom stereocenters. The topological polar surface area (TPSA) is 63.6 Å². The molecule has 0 fully saturated rings. The Morgan fingerprint density at radius 2 is 1.93 bits per heavy atom. The van der Waals surface area contributed by atoms with E-state index in [2.05, 4.69) is 15.5 Å². The summed E-state index contributed by atoms with van der Waals surface area (Å²) in [7, 11) is 0. The van der Waals surface area contributed by atoms with E-state index in [-0.39, 0.29) is 11.7 Å². The SMILES string of the molecule is CCOc1ccc(/C(C)=N\NC(=O)CSc2cccc3cccnc23)cc1. The van der Waals surface area contributed by atoms with Gasteiger partial charge in [-0.2, -0.15) is 5.10 Å². The van der Waals surface area contributed by atoms with Gasteiger partial charge in [0, 0.05) is 16.5 Å². The fraction of sp³-hybridized carbons (Fsp3) is 0.190. The molecule has 0 aliphatic carbocycles. The molecule has 1 heterocycles. The van der Waals surface area contributed by atoms with Crippen LogP contribution >= 0.6 is 11.8 Å². The molecule has 1 amide bonds. The molecular formula is C21H21N3O2S. The number of aromatic nitrogens is 1. The van der Waals surface area contributed by atoms with Gasteiger partial charge in [-0.1, -0.05) is 18.2 Å². The van der Waals surface area contributed by atoms with Crippen molar-refractivity contribution in [3.63, 3.8) is 0 Å². The Labute approximate surface area is 162 Å². The monoisotopic (exact) mass is 379 g/mol. The zero-order valence-corrected chi connectivity index (χ0v) is 16.1. The summed E-state index contributed by atoms with van der Waals surface area (Å²) in [4.78, 5) is 17.5. The molecule has 27 heavy (non-hydrogen) atoms. The summed E-state index contributed by atoms with van der Waals surface area (Å²) in [5.41, 5.74) is 5.20. The van der Waals surface area contributed by atoms with Crippen molar-refractivity contribution < 1.29 is 9.53 Å². The van der Waals surface area contributed by atoms with E-state index in [0.29, 0.717) is 6.61 Å². The van der Waals surface area contributed by atoms with Crippen molar-refractivity contribution in [1.82, 2.24) is 10.4 Å². The summed E-state index contributed by atoms with van der Waals surface area (Å²) in [6, 6.07) is 17.5. The van der Waals surface area contributed by atoms with Crippen LogP contribution in [0.25, 0.3) is 10.9 Å². The van der Waals surface area contributed by atoms with Gasteiger partial charge in [0.25, 0.3) is 0 Å². The van der Waals surface area contributed by atoms with Gasteiger partial charge in [0.2, 0.25) is 5.91 Å². The van der Waals surface area contributed by atoms with E-state index in [1.807, 2.05) is 68.4 Å². The van der Waals surface area contributed by atoms with Crippen LogP contribution in [0.5, 0.6) is 5.75 Å². The zero-order chi connectivity index (χ0) is 19.1. The first-order chi connectivity index (χ1) is 13.2. The summed E-state index contributed by atoms with van der Waals surface area (Å²) in [5, 5.41) is 5.25. The molecule has 138 valence electrons. The van der Waals surface area contributed by atoms with Crippen molar-refractivity contribution in [3.8, 4) is 5.75 Å². The number of carbonyl (C=O) groups is 1. The van der Waals surface area contributed by atoms with Crippen molar-refractivity contribution in [1.29, 1.82) is 0 Å². The van der Waals surface area contributed by atoms with Gasteiger partial charge in [-0.25, -0.2) is 5.43 Å². The van der Waals surface area contributed by atoms with E-state index >= 15 is 0 Å². The van der Waals surface area contributed by atoms with Gasteiger partial charge < -0.3 is 4.74 Å². The summed E-state index contributed by atoms with van der Waals surface area (Å²) in [6.45, 7) is 4.44. The number of nitrogens with zero attached hydrogens (tertiary/aromatic N) is 2. The average Bonchev–Trinajstić information content (AvgIpc) is 2.71. The van der Waals surface area contributed by atoms with Gasteiger partial charge in [-0.3, -0.25) is 9.78 Å². The molecule has 0 aliphatic heterocycles. The molecule has 1 aromatic heterocycles. The van der Waals surface area contributed by atoms with E-state index < -0.39 is 0 Å². The number of benzene rings is 2. The Morgan fingerprint density at radius 1 is 1.15 bits per heavy atom. The van der Waals surface area contributed by atoms with Crippen LogP contribution in [-0.4, -0.2) is 29.0 Å². The lowest BCUT2D eigenvalue weighted by Gasteiger charge is -2.06. The molecule has 0 spiro atoms. The number of fused-ring (bicyclic) bond motifs is 1. The minimum absolute atomic E-state index is 0.154. The van der Waals surface area contributed by atoms with Crippen LogP contribution in [-0.2, 0) is 4.79 Å². The van der Waals surface area contributed by atoms with Crippen LogP contribution in [0.15, 0.2) is 70.8 Å². The number of rotatable bonds is 7. The lowest BCUT2D eigenvalue weighted by atomic mass is 10.1. The first-order valence-corrected chi connectivity index (χ1v) is 9.69. The second-order valence-corrected chi connectivity index (χ2v) is 6.83. The Bertz CT molecular complexity index is 950. The summed E-state index contributed by atoms with van der Waals surface area (Å²) >= 11 is 1.45. The van der Waals surface area contributed by atoms with Crippen LogP contribution in [0, 0.1) is 0 Å². The molecule has 2 aromatic carbocycles. The Hall–Kier alpha value is -2.86. The molecule has 6 heteroatoms. The summed E-state index contributed by atoms with van der Waals surface area (Å²) in [6.07, 6.45) is 1.76. The Morgan fingerprint density at radius 3 is 2.70 bits per heavy atom. The van der Waals surface area contributed by atoms with Crippen LogP contribution in [0.4, 0.5) is 0 Å². The zero-order valence-electron chi connectivity index (χ0n) is 15.3. The third-order valence-electron chi connectivity index (χ3n) is 3.89. The first kappa shape index (κ1) is 18.9. The number of para-hydroxylation sites is 1. The highest BCUT2D eigenvalue weighted by molar-refractivity contribution is 8.00. The van der Waals surface area contributed by atoms with Gasteiger partial charge in [-0.05, 0) is 55.8 Å². The van der Waals surface area contributed by atoms with E-state index in [9.17, 15) is 4.79 Å². The standard InChI is InChI=1S/C21H21N3O2S/c1-3-26-18-11-9-16(10-12-18)15(2)23-24-20(25)14-27-19-8-4-6-17-7-5-13-22-21(17)19/h4-13H,3,14H2,1-2H3,(H,24,25)/b23-15-. The highest BCUT2D eigenvalue weighted by atomic mass is 32.2. The highest BCUT2D eigenvalue weighted by Gasteiger charge is 2.07. The number of amides is 1. The Balaban J connectivity index is 1.58. The summed E-state index contributed by atoms with van der Waals surface area (Å²) in [5.74, 6) is 0.937. The fourth-order valence-electron chi connectivity index (χ4n) is 2.54. The number of nitrogens with one attached hydrogen (secondary N) is 1. The number of carbonyl (C=O) groups excluding carboxylic acids is 1. The third-order valence-corrected chi connectivity index (χ3v) is 4.93. The van der Waals surface area contributed by atoms with Crippen molar-refractivity contribution in [2.45, 2.75) is 18.7 Å². The molecule has 0 bridgehead atoms. The molecule has 0 unspecified atom stereocenters. The molecular weight excluding hydrogens is 358 g/mol. The Kier molecular flexibility index (Phi) is 6.44. The number of thioether (sulfide) groups is 1. The van der Waals surface area contributed by atoms with E-state index in [1.54, 1.807) is 6.20 Å². The number of hydrogen-bond donors (Lipinski definition) is 1. The summed E-state index contributed by atoms with van der Waals surface area (Å²) < 4.78 is 5.43. The minimum atomic E-state index is -0.154. The number of pyridine rings is 1. The van der Waals surface area contributed by atoms with Gasteiger partial charge in [0.15, 0.2) is 0 Å². The van der Waals surface area contributed by atoms with Crippen LogP contribution in [0.2, 0.25) is 0 Å². The minimum Gasteiger partial charge on any atom is -0.494 e. The molecule has 1 N–H and O–H groups in total. The maximum Gasteiger partial charge on any atom is 0.250 e. The molecule has 0 radical (unpaired) electrons. The second kappa shape index (κ2) is 9.19. The molecule has 3 rings (SSSR count). The molecule has 5 nitrogen and oxygen atoms in total. The van der Waals surface area contributed by atoms with E-state index in [0.717, 1.165) is 32.8 Å². The first-order valence-electron chi connectivity index (χ1n) is 8.70. The van der Waals surface area contributed by atoms with Crippen LogP contribution < -0.4 is 10.2 Å². The van der Waals surface area contributed by atoms with Crippen molar-refractivity contribution >= 4 is 34.3 Å². The van der Waals surface area contributed by atoms with Crippen LogP contribution in [0.1, 0.15) is 19.4 Å². The maximum absolute atomic E-state index is 12.1. The van der Waals surface area contributed by atoms with Gasteiger partial charge in [0.05, 0.1) is 23.6 Å². The lowest BCUT2D eigenvalue weighted by Crippen LogP contribution is -2.21. The molecule has 0 saturated carbocycles. The second-order valence-electron chi connectivity index (χ2n) is 5.81. The fourth-order valence-corrected chi connectivity index (χ4v) is 3.37.